The average Bonchev–Trinajstić information content (AvgIpc) is 2.85. The normalized spacial score (nSPS) is 11.3. The van der Waals surface area contributed by atoms with Crippen LogP contribution < -0.4 is 5.32 Å². The summed E-state index contributed by atoms with van der Waals surface area (Å²) in [7, 11) is 0. The molecule has 0 aliphatic heterocycles. The lowest BCUT2D eigenvalue weighted by molar-refractivity contribution is 0.0690. The number of aromatic carboxylic acids is 1. The fourth-order valence-electron chi connectivity index (χ4n) is 1.45. The summed E-state index contributed by atoms with van der Waals surface area (Å²) in [5, 5.41) is 22.0. The Hall–Kier alpha value is -2.02. The van der Waals surface area contributed by atoms with Crippen LogP contribution in [0.3, 0.4) is 0 Å². The van der Waals surface area contributed by atoms with Crippen LogP contribution >= 0.6 is 11.3 Å². The Labute approximate surface area is 120 Å². The number of carbonyl (C=O) groups is 1. The maximum absolute atomic E-state index is 10.8. The molecule has 2 rings (SSSR count). The van der Waals surface area contributed by atoms with Gasteiger partial charge in [-0.3, -0.25) is 0 Å². The van der Waals surface area contributed by atoms with Crippen molar-refractivity contribution in [2.75, 3.05) is 5.32 Å². The standard InChI is InChI=1S/C13H16N4O2S/c1-13(2,3)12-17-16-10(20-12)7-14-9-6-4-5-8(15-9)11(18)19/h4-6H,7H2,1-3H3,(H,14,15)(H,18,19). The summed E-state index contributed by atoms with van der Waals surface area (Å²) in [6.07, 6.45) is 0. The number of hydrogen-bond acceptors (Lipinski definition) is 6. The third kappa shape index (κ3) is 3.51. The number of nitrogens with zero attached hydrogens (tertiary/aromatic N) is 3. The van der Waals surface area contributed by atoms with Crippen molar-refractivity contribution in [3.63, 3.8) is 0 Å². The van der Waals surface area contributed by atoms with E-state index in [2.05, 4.69) is 41.3 Å². The zero-order chi connectivity index (χ0) is 14.8. The zero-order valence-electron chi connectivity index (χ0n) is 11.5. The lowest BCUT2D eigenvalue weighted by Crippen LogP contribution is -2.10. The maximum atomic E-state index is 10.8. The van der Waals surface area contributed by atoms with Crippen molar-refractivity contribution in [1.29, 1.82) is 0 Å². The Morgan fingerprint density at radius 1 is 1.35 bits per heavy atom. The second-order valence-corrected chi connectivity index (χ2v) is 6.38. The number of pyridine rings is 1. The summed E-state index contributed by atoms with van der Waals surface area (Å²) < 4.78 is 0. The third-order valence-corrected chi connectivity index (χ3v) is 3.85. The van der Waals surface area contributed by atoms with Gasteiger partial charge in [-0.05, 0) is 12.1 Å². The van der Waals surface area contributed by atoms with Crippen molar-refractivity contribution in [3.8, 4) is 0 Å². The summed E-state index contributed by atoms with van der Waals surface area (Å²) in [6.45, 7) is 6.73. The number of carboxylic acids is 1. The van der Waals surface area contributed by atoms with E-state index in [1.165, 1.54) is 6.07 Å². The summed E-state index contributed by atoms with van der Waals surface area (Å²) in [5.41, 5.74) is -0.000140. The van der Waals surface area contributed by atoms with Crippen LogP contribution in [0.2, 0.25) is 0 Å². The minimum absolute atomic E-state index is 0.0163. The molecule has 0 aromatic carbocycles. The van der Waals surface area contributed by atoms with Crippen molar-refractivity contribution < 1.29 is 9.90 Å². The molecule has 0 saturated carbocycles. The van der Waals surface area contributed by atoms with Gasteiger partial charge in [-0.2, -0.15) is 0 Å². The van der Waals surface area contributed by atoms with Gasteiger partial charge < -0.3 is 10.4 Å². The second-order valence-electron chi connectivity index (χ2n) is 5.32. The van der Waals surface area contributed by atoms with E-state index in [-0.39, 0.29) is 11.1 Å². The first kappa shape index (κ1) is 14.4. The van der Waals surface area contributed by atoms with E-state index in [1.54, 1.807) is 23.5 Å². The van der Waals surface area contributed by atoms with E-state index in [0.717, 1.165) is 10.0 Å². The molecule has 106 valence electrons. The molecule has 2 aromatic rings. The highest BCUT2D eigenvalue weighted by Crippen LogP contribution is 2.25. The molecule has 2 N–H and O–H groups in total. The highest BCUT2D eigenvalue weighted by molar-refractivity contribution is 7.11. The Bertz CT molecular complexity index is 619. The largest absolute Gasteiger partial charge is 0.477 e. The first-order valence-electron chi connectivity index (χ1n) is 6.13. The van der Waals surface area contributed by atoms with E-state index in [4.69, 9.17) is 5.11 Å². The number of rotatable bonds is 4. The topological polar surface area (TPSA) is 88.0 Å². The monoisotopic (exact) mass is 292 g/mol. The Balaban J connectivity index is 2.04. The van der Waals surface area contributed by atoms with Crippen LogP contribution in [0.1, 0.15) is 41.3 Å². The van der Waals surface area contributed by atoms with Crippen LogP contribution in [0, 0.1) is 0 Å². The van der Waals surface area contributed by atoms with Gasteiger partial charge in [0.15, 0.2) is 5.69 Å². The first-order chi connectivity index (χ1) is 9.36. The quantitative estimate of drug-likeness (QED) is 0.900. The van der Waals surface area contributed by atoms with Crippen molar-refractivity contribution in [1.82, 2.24) is 15.2 Å². The number of carboxylic acid groups (broad SMARTS) is 1. The summed E-state index contributed by atoms with van der Waals surface area (Å²) >= 11 is 1.54. The fraction of sp³-hybridized carbons (Fsp3) is 0.385. The molecule has 0 bridgehead atoms. The van der Waals surface area contributed by atoms with Crippen molar-refractivity contribution >= 4 is 23.1 Å². The SMILES string of the molecule is CC(C)(C)c1nnc(CNc2cccc(C(=O)O)n2)s1. The predicted molar refractivity (Wildman–Crippen MR) is 77.1 cm³/mol. The van der Waals surface area contributed by atoms with Crippen LogP contribution in [-0.2, 0) is 12.0 Å². The van der Waals surface area contributed by atoms with E-state index in [1.807, 2.05) is 0 Å². The molecule has 0 unspecified atom stereocenters. The molecular formula is C13H16N4O2S. The van der Waals surface area contributed by atoms with Gasteiger partial charge in [0.05, 0.1) is 6.54 Å². The van der Waals surface area contributed by atoms with Crippen LogP contribution in [-0.4, -0.2) is 26.3 Å². The molecular weight excluding hydrogens is 276 g/mol. The van der Waals surface area contributed by atoms with Crippen LogP contribution in [0.4, 0.5) is 5.82 Å². The molecule has 2 aromatic heterocycles. The molecule has 0 aliphatic rings. The predicted octanol–water partition coefficient (Wildman–Crippen LogP) is 2.54. The number of anilines is 1. The Morgan fingerprint density at radius 3 is 2.70 bits per heavy atom. The molecule has 0 spiro atoms. The number of hydrogen-bond donors (Lipinski definition) is 2. The van der Waals surface area contributed by atoms with Gasteiger partial charge in [-0.15, -0.1) is 10.2 Å². The van der Waals surface area contributed by atoms with E-state index < -0.39 is 5.97 Å². The minimum Gasteiger partial charge on any atom is -0.477 e. The summed E-state index contributed by atoms with van der Waals surface area (Å²) in [6, 6.07) is 4.83. The fourth-order valence-corrected chi connectivity index (χ4v) is 2.28. The lowest BCUT2D eigenvalue weighted by atomic mass is 9.98. The third-order valence-electron chi connectivity index (χ3n) is 2.50. The first-order valence-corrected chi connectivity index (χ1v) is 6.95. The Kier molecular flexibility index (Phi) is 3.99. The molecule has 2 heterocycles. The van der Waals surface area contributed by atoms with Gasteiger partial charge >= 0.3 is 5.97 Å². The van der Waals surface area contributed by atoms with Crippen LogP contribution in [0.15, 0.2) is 18.2 Å². The van der Waals surface area contributed by atoms with Crippen molar-refractivity contribution in [3.05, 3.63) is 33.9 Å². The van der Waals surface area contributed by atoms with Crippen molar-refractivity contribution in [2.24, 2.45) is 0 Å². The molecule has 20 heavy (non-hydrogen) atoms. The van der Waals surface area contributed by atoms with Gasteiger partial charge in [-0.1, -0.05) is 38.2 Å². The number of aromatic nitrogens is 3. The molecule has 0 saturated heterocycles. The second kappa shape index (κ2) is 5.54. The zero-order valence-corrected chi connectivity index (χ0v) is 12.4. The van der Waals surface area contributed by atoms with Crippen molar-refractivity contribution in [2.45, 2.75) is 32.7 Å². The Morgan fingerprint density at radius 2 is 2.10 bits per heavy atom. The molecule has 0 radical (unpaired) electrons. The molecule has 6 nitrogen and oxygen atoms in total. The van der Waals surface area contributed by atoms with E-state index in [9.17, 15) is 4.79 Å². The summed E-state index contributed by atoms with van der Waals surface area (Å²) in [4.78, 5) is 14.8. The minimum atomic E-state index is -1.04. The van der Waals surface area contributed by atoms with Crippen LogP contribution in [0.25, 0.3) is 0 Å². The molecule has 7 heteroatoms. The van der Waals surface area contributed by atoms with Gasteiger partial charge in [0, 0.05) is 5.41 Å². The van der Waals surface area contributed by atoms with Crippen LogP contribution in [0.5, 0.6) is 0 Å². The van der Waals surface area contributed by atoms with Gasteiger partial charge in [-0.25, -0.2) is 9.78 Å². The highest BCUT2D eigenvalue weighted by Gasteiger charge is 2.19. The lowest BCUT2D eigenvalue weighted by Gasteiger charge is -2.12. The van der Waals surface area contributed by atoms with Gasteiger partial charge in [0.25, 0.3) is 0 Å². The highest BCUT2D eigenvalue weighted by atomic mass is 32.1. The summed E-state index contributed by atoms with van der Waals surface area (Å²) in [5.74, 6) is -0.531. The van der Waals surface area contributed by atoms with Gasteiger partial charge in [0.1, 0.15) is 15.8 Å². The average molecular weight is 292 g/mol. The van der Waals surface area contributed by atoms with E-state index in [0.29, 0.717) is 12.4 Å². The molecule has 0 atom stereocenters. The maximum Gasteiger partial charge on any atom is 0.354 e. The molecule has 0 fully saturated rings. The van der Waals surface area contributed by atoms with E-state index >= 15 is 0 Å². The number of nitrogens with one attached hydrogen (secondary N) is 1. The molecule has 0 aliphatic carbocycles. The molecule has 0 amide bonds. The van der Waals surface area contributed by atoms with Gasteiger partial charge in [0.2, 0.25) is 0 Å². The smallest absolute Gasteiger partial charge is 0.354 e.